The zero-order chi connectivity index (χ0) is 24.7. The lowest BCUT2D eigenvalue weighted by molar-refractivity contribution is -0.129. The lowest BCUT2D eigenvalue weighted by Crippen LogP contribution is -2.48. The van der Waals surface area contributed by atoms with Crippen LogP contribution in [0, 0.1) is 0 Å². The monoisotopic (exact) mass is 496 g/mol. The van der Waals surface area contributed by atoms with Gasteiger partial charge in [-0.25, -0.2) is 4.98 Å². The Labute approximate surface area is 210 Å². The number of halogens is 1. The van der Waals surface area contributed by atoms with E-state index in [-0.39, 0.29) is 23.2 Å². The Balaban J connectivity index is 1.48. The molecule has 3 heterocycles. The zero-order valence-corrected chi connectivity index (χ0v) is 21.3. The first-order chi connectivity index (χ1) is 16.8. The largest absolute Gasteiger partial charge is 0.493 e. The van der Waals surface area contributed by atoms with Crippen molar-refractivity contribution in [1.82, 2.24) is 19.4 Å². The molecule has 5 rings (SSSR count). The zero-order valence-electron chi connectivity index (χ0n) is 20.6. The van der Waals surface area contributed by atoms with Crippen molar-refractivity contribution in [2.24, 2.45) is 0 Å². The number of piperazine rings is 1. The number of carbonyl (C=O) groups is 1. The van der Waals surface area contributed by atoms with Gasteiger partial charge < -0.3 is 24.8 Å². The van der Waals surface area contributed by atoms with Gasteiger partial charge in [-0.15, -0.1) is 0 Å². The van der Waals surface area contributed by atoms with E-state index in [2.05, 4.69) is 22.3 Å². The highest BCUT2D eigenvalue weighted by Crippen LogP contribution is 2.44. The average Bonchev–Trinajstić information content (AvgIpc) is 3.16. The molecule has 186 valence electrons. The van der Waals surface area contributed by atoms with Crippen LogP contribution in [0.1, 0.15) is 51.6 Å². The quantitative estimate of drug-likeness (QED) is 0.519. The van der Waals surface area contributed by atoms with Gasteiger partial charge in [-0.2, -0.15) is 4.98 Å². The second-order valence-corrected chi connectivity index (χ2v) is 10.5. The van der Waals surface area contributed by atoms with E-state index in [0.29, 0.717) is 37.6 Å². The normalized spacial score (nSPS) is 17.6. The molecule has 1 saturated carbocycles. The molecule has 0 radical (unpaired) electrons. The molecule has 2 aliphatic rings. The van der Waals surface area contributed by atoms with E-state index >= 15 is 0 Å². The van der Waals surface area contributed by atoms with Crippen LogP contribution in [-0.2, 0) is 10.2 Å². The second-order valence-electron chi connectivity index (χ2n) is 10.1. The molecule has 0 bridgehead atoms. The predicted molar refractivity (Wildman–Crippen MR) is 140 cm³/mol. The van der Waals surface area contributed by atoms with Crippen molar-refractivity contribution in [2.75, 3.05) is 42.9 Å². The molecule has 35 heavy (non-hydrogen) atoms. The number of aromatic nitrogens is 3. The Kier molecular flexibility index (Phi) is 6.25. The minimum absolute atomic E-state index is 0.0395. The van der Waals surface area contributed by atoms with E-state index in [9.17, 15) is 9.90 Å². The van der Waals surface area contributed by atoms with Gasteiger partial charge in [0.15, 0.2) is 0 Å². The third-order valence-electron chi connectivity index (χ3n) is 7.58. The van der Waals surface area contributed by atoms with Gasteiger partial charge in [0.05, 0.1) is 5.39 Å². The SMILES string of the molecule is CC(=O)N1CCN(c2nc(NCC3(c4ccc(Cl)cc4)CCC3)c3cn(C(C)C)c(O)c3n2)CC1. The summed E-state index contributed by atoms with van der Waals surface area (Å²) in [5.74, 6) is 1.55. The molecule has 0 atom stereocenters. The number of anilines is 2. The number of hydrogen-bond donors (Lipinski definition) is 2. The number of rotatable bonds is 6. The first kappa shape index (κ1) is 23.7. The predicted octanol–water partition coefficient (Wildman–Crippen LogP) is 4.57. The van der Waals surface area contributed by atoms with Gasteiger partial charge in [-0.05, 0) is 44.4 Å². The molecule has 2 aromatic heterocycles. The summed E-state index contributed by atoms with van der Waals surface area (Å²) in [6.07, 6.45) is 5.34. The van der Waals surface area contributed by atoms with Crippen molar-refractivity contribution < 1.29 is 9.90 Å². The van der Waals surface area contributed by atoms with Gasteiger partial charge in [0.25, 0.3) is 0 Å². The van der Waals surface area contributed by atoms with Crippen LogP contribution >= 0.6 is 11.6 Å². The van der Waals surface area contributed by atoms with Crippen LogP contribution in [0.5, 0.6) is 5.88 Å². The van der Waals surface area contributed by atoms with Gasteiger partial charge in [0.2, 0.25) is 17.7 Å². The molecule has 1 amide bonds. The van der Waals surface area contributed by atoms with Crippen LogP contribution in [0.3, 0.4) is 0 Å². The Hall–Kier alpha value is -3.00. The molecular weight excluding hydrogens is 464 g/mol. The van der Waals surface area contributed by atoms with Crippen LogP contribution in [-0.4, -0.2) is 63.2 Å². The maximum absolute atomic E-state index is 11.8. The van der Waals surface area contributed by atoms with Crippen molar-refractivity contribution in [1.29, 1.82) is 0 Å². The smallest absolute Gasteiger partial charge is 0.228 e. The van der Waals surface area contributed by atoms with E-state index in [4.69, 9.17) is 21.6 Å². The lowest BCUT2D eigenvalue weighted by Gasteiger charge is -2.43. The summed E-state index contributed by atoms with van der Waals surface area (Å²) in [4.78, 5) is 25.4. The van der Waals surface area contributed by atoms with E-state index in [1.54, 1.807) is 6.92 Å². The fourth-order valence-electron chi connectivity index (χ4n) is 5.19. The van der Waals surface area contributed by atoms with Crippen LogP contribution in [0.25, 0.3) is 10.9 Å². The minimum Gasteiger partial charge on any atom is -0.493 e. The first-order valence-corrected chi connectivity index (χ1v) is 12.8. The Morgan fingerprint density at radius 2 is 1.83 bits per heavy atom. The fourth-order valence-corrected chi connectivity index (χ4v) is 5.32. The Morgan fingerprint density at radius 3 is 2.40 bits per heavy atom. The van der Waals surface area contributed by atoms with Crippen molar-refractivity contribution >= 4 is 40.2 Å². The van der Waals surface area contributed by atoms with Crippen molar-refractivity contribution in [3.63, 3.8) is 0 Å². The fraction of sp³-hybridized carbons (Fsp3) is 0.500. The molecule has 1 saturated heterocycles. The van der Waals surface area contributed by atoms with Crippen molar-refractivity contribution in [3.05, 3.63) is 41.0 Å². The molecule has 3 aromatic rings. The molecule has 1 aliphatic carbocycles. The van der Waals surface area contributed by atoms with E-state index < -0.39 is 0 Å². The summed E-state index contributed by atoms with van der Waals surface area (Å²) in [5, 5.41) is 16.2. The lowest BCUT2D eigenvalue weighted by atomic mass is 9.64. The summed E-state index contributed by atoms with van der Waals surface area (Å²) in [5.41, 5.74) is 1.88. The third-order valence-corrected chi connectivity index (χ3v) is 7.84. The highest BCUT2D eigenvalue weighted by atomic mass is 35.5. The number of fused-ring (bicyclic) bond motifs is 1. The van der Waals surface area contributed by atoms with Crippen LogP contribution in [0.15, 0.2) is 30.5 Å². The summed E-state index contributed by atoms with van der Waals surface area (Å²) in [6, 6.07) is 8.25. The minimum atomic E-state index is 0.0395. The molecule has 0 unspecified atom stereocenters. The second kappa shape index (κ2) is 9.22. The third kappa shape index (κ3) is 4.40. The van der Waals surface area contributed by atoms with Crippen LogP contribution in [0.2, 0.25) is 5.02 Å². The number of amides is 1. The maximum Gasteiger partial charge on any atom is 0.228 e. The van der Waals surface area contributed by atoms with E-state index in [0.717, 1.165) is 35.6 Å². The summed E-state index contributed by atoms with van der Waals surface area (Å²) < 4.78 is 1.83. The van der Waals surface area contributed by atoms with Crippen molar-refractivity contribution in [3.8, 4) is 5.88 Å². The number of nitrogens with one attached hydrogen (secondary N) is 1. The first-order valence-electron chi connectivity index (χ1n) is 12.4. The molecule has 0 spiro atoms. The van der Waals surface area contributed by atoms with Crippen molar-refractivity contribution in [2.45, 2.75) is 51.5 Å². The molecule has 2 N–H and O–H groups in total. The van der Waals surface area contributed by atoms with Gasteiger partial charge in [-0.3, -0.25) is 4.79 Å². The van der Waals surface area contributed by atoms with Gasteiger partial charge in [0.1, 0.15) is 11.3 Å². The molecule has 9 heteroatoms. The maximum atomic E-state index is 11.8. The van der Waals surface area contributed by atoms with Gasteiger partial charge in [0, 0.05) is 62.3 Å². The number of hydrogen-bond acceptors (Lipinski definition) is 6. The Morgan fingerprint density at radius 1 is 1.14 bits per heavy atom. The highest BCUT2D eigenvalue weighted by molar-refractivity contribution is 6.30. The Bertz CT molecular complexity index is 1230. The number of nitrogens with zero attached hydrogens (tertiary/aromatic N) is 5. The number of benzene rings is 1. The summed E-state index contributed by atoms with van der Waals surface area (Å²) in [7, 11) is 0. The number of aromatic hydroxyl groups is 1. The van der Waals surface area contributed by atoms with Crippen LogP contribution < -0.4 is 10.2 Å². The van der Waals surface area contributed by atoms with E-state index in [1.807, 2.05) is 41.6 Å². The average molecular weight is 497 g/mol. The van der Waals surface area contributed by atoms with Gasteiger partial charge in [-0.1, -0.05) is 30.2 Å². The highest BCUT2D eigenvalue weighted by Gasteiger charge is 2.38. The number of carbonyl (C=O) groups excluding carboxylic acids is 1. The van der Waals surface area contributed by atoms with Gasteiger partial charge >= 0.3 is 0 Å². The molecule has 1 aliphatic heterocycles. The summed E-state index contributed by atoms with van der Waals surface area (Å²) >= 11 is 6.14. The standard InChI is InChI=1S/C26H33ClN6O2/c1-17(2)33-15-21-22(24(33)35)29-25(32-13-11-31(12-14-32)18(3)34)30-23(21)28-16-26(9-4-10-26)19-5-7-20(27)8-6-19/h5-8,15,17,35H,4,9-14,16H2,1-3H3,(H,28,29,30). The molecule has 8 nitrogen and oxygen atoms in total. The molecule has 1 aromatic carbocycles. The topological polar surface area (TPSA) is 86.5 Å². The van der Waals surface area contributed by atoms with Crippen LogP contribution in [0.4, 0.5) is 11.8 Å². The van der Waals surface area contributed by atoms with E-state index in [1.165, 1.54) is 12.0 Å². The summed E-state index contributed by atoms with van der Waals surface area (Å²) in [6.45, 7) is 9.00. The molecular formula is C26H33ClN6O2. The molecule has 2 fully saturated rings.